The lowest BCUT2D eigenvalue weighted by Crippen LogP contribution is -2.40. The van der Waals surface area contributed by atoms with Crippen LogP contribution in [0.3, 0.4) is 0 Å². The van der Waals surface area contributed by atoms with Crippen molar-refractivity contribution in [3.63, 3.8) is 0 Å². The van der Waals surface area contributed by atoms with Crippen molar-refractivity contribution in [1.82, 2.24) is 5.32 Å². The Balaban J connectivity index is 1.35. The maximum Gasteiger partial charge on any atom is 0.0700 e. The Labute approximate surface area is 111 Å². The van der Waals surface area contributed by atoms with E-state index in [1.165, 1.54) is 32.1 Å². The average molecular weight is 253 g/mol. The molecule has 3 aliphatic rings. The summed E-state index contributed by atoms with van der Waals surface area (Å²) in [4.78, 5) is 0. The van der Waals surface area contributed by atoms with Crippen molar-refractivity contribution in [1.29, 1.82) is 0 Å². The second-order valence-electron chi connectivity index (χ2n) is 6.32. The zero-order valence-electron chi connectivity index (χ0n) is 11.6. The molecule has 2 bridgehead atoms. The van der Waals surface area contributed by atoms with Gasteiger partial charge in [-0.05, 0) is 49.4 Å². The molecule has 104 valence electrons. The zero-order valence-corrected chi connectivity index (χ0v) is 11.6. The van der Waals surface area contributed by atoms with Crippen LogP contribution in [0.2, 0.25) is 0 Å². The van der Waals surface area contributed by atoms with Crippen LogP contribution in [0.5, 0.6) is 0 Å². The van der Waals surface area contributed by atoms with E-state index < -0.39 is 0 Å². The first-order chi connectivity index (χ1) is 8.90. The lowest BCUT2D eigenvalue weighted by molar-refractivity contribution is 0.0691. The molecule has 18 heavy (non-hydrogen) atoms. The second-order valence-corrected chi connectivity index (χ2v) is 6.32. The summed E-state index contributed by atoms with van der Waals surface area (Å²) in [7, 11) is 1.72. The first-order valence-electron chi connectivity index (χ1n) is 7.70. The molecule has 0 amide bonds. The van der Waals surface area contributed by atoms with Gasteiger partial charge in [0.1, 0.15) is 0 Å². The van der Waals surface area contributed by atoms with Crippen LogP contribution in [-0.2, 0) is 9.47 Å². The van der Waals surface area contributed by atoms with Crippen LogP contribution < -0.4 is 5.32 Å². The molecule has 0 heterocycles. The number of methoxy groups -OCH3 is 1. The normalized spacial score (nSPS) is 41.5. The lowest BCUT2D eigenvalue weighted by Gasteiger charge is -2.32. The summed E-state index contributed by atoms with van der Waals surface area (Å²) in [6.45, 7) is 3.26. The fraction of sp³-hybridized carbons (Fsp3) is 1.00. The standard InChI is InChI=1S/C15H27NO2/c1-17-7-8-18-6-5-16-15-10-11-9-14(15)13-4-2-3-12(11)13/h11-16H,2-10H2,1H3. The minimum Gasteiger partial charge on any atom is -0.382 e. The van der Waals surface area contributed by atoms with E-state index in [1.807, 2.05) is 0 Å². The largest absolute Gasteiger partial charge is 0.382 e. The Hall–Kier alpha value is -0.120. The average Bonchev–Trinajstić information content (AvgIpc) is 3.04. The fourth-order valence-electron chi connectivity index (χ4n) is 4.86. The van der Waals surface area contributed by atoms with Gasteiger partial charge in [0, 0.05) is 19.7 Å². The molecule has 1 N–H and O–H groups in total. The van der Waals surface area contributed by atoms with E-state index in [-0.39, 0.29) is 0 Å². The van der Waals surface area contributed by atoms with Gasteiger partial charge in [-0.3, -0.25) is 0 Å². The van der Waals surface area contributed by atoms with E-state index in [0.29, 0.717) is 6.61 Å². The van der Waals surface area contributed by atoms with Crippen LogP contribution >= 0.6 is 0 Å². The van der Waals surface area contributed by atoms with Crippen molar-refractivity contribution < 1.29 is 9.47 Å². The summed E-state index contributed by atoms with van der Waals surface area (Å²) >= 11 is 0. The van der Waals surface area contributed by atoms with Crippen LogP contribution in [0.1, 0.15) is 32.1 Å². The molecular formula is C15H27NO2. The van der Waals surface area contributed by atoms with E-state index in [0.717, 1.165) is 49.5 Å². The van der Waals surface area contributed by atoms with E-state index in [1.54, 1.807) is 7.11 Å². The predicted octanol–water partition coefficient (Wildman–Crippen LogP) is 2.06. The van der Waals surface area contributed by atoms with Crippen molar-refractivity contribution >= 4 is 0 Å². The number of fused-ring (bicyclic) bond motifs is 5. The molecule has 0 aromatic carbocycles. The topological polar surface area (TPSA) is 30.5 Å². The maximum atomic E-state index is 5.51. The van der Waals surface area contributed by atoms with E-state index in [4.69, 9.17) is 9.47 Å². The van der Waals surface area contributed by atoms with E-state index in [2.05, 4.69) is 5.32 Å². The predicted molar refractivity (Wildman–Crippen MR) is 71.5 cm³/mol. The van der Waals surface area contributed by atoms with Gasteiger partial charge in [-0.15, -0.1) is 0 Å². The molecule has 3 nitrogen and oxygen atoms in total. The van der Waals surface area contributed by atoms with Gasteiger partial charge in [-0.25, -0.2) is 0 Å². The molecule has 0 saturated heterocycles. The number of hydrogen-bond donors (Lipinski definition) is 1. The van der Waals surface area contributed by atoms with Crippen LogP contribution in [0.15, 0.2) is 0 Å². The van der Waals surface area contributed by atoms with Gasteiger partial charge in [0.15, 0.2) is 0 Å². The zero-order chi connectivity index (χ0) is 12.4. The van der Waals surface area contributed by atoms with Gasteiger partial charge < -0.3 is 14.8 Å². The number of rotatable bonds is 7. The molecule has 0 aromatic heterocycles. The smallest absolute Gasteiger partial charge is 0.0700 e. The highest BCUT2D eigenvalue weighted by Crippen LogP contribution is 2.58. The molecule has 5 unspecified atom stereocenters. The molecule has 0 spiro atoms. The second kappa shape index (κ2) is 5.89. The monoisotopic (exact) mass is 253 g/mol. The van der Waals surface area contributed by atoms with Crippen molar-refractivity contribution in [2.75, 3.05) is 33.5 Å². The first-order valence-corrected chi connectivity index (χ1v) is 7.70. The molecule has 0 aliphatic heterocycles. The van der Waals surface area contributed by atoms with Crippen LogP contribution in [0.25, 0.3) is 0 Å². The van der Waals surface area contributed by atoms with Crippen molar-refractivity contribution in [3.8, 4) is 0 Å². The van der Waals surface area contributed by atoms with Crippen LogP contribution in [0, 0.1) is 23.7 Å². The van der Waals surface area contributed by atoms with Gasteiger partial charge in [0.2, 0.25) is 0 Å². The number of hydrogen-bond acceptors (Lipinski definition) is 3. The SMILES string of the molecule is COCCOCCNC1CC2CC1C1CCCC21. The minimum absolute atomic E-state index is 0.706. The molecule has 3 aliphatic carbocycles. The Morgan fingerprint density at radius 2 is 1.89 bits per heavy atom. The van der Waals surface area contributed by atoms with Gasteiger partial charge >= 0.3 is 0 Å². The van der Waals surface area contributed by atoms with E-state index >= 15 is 0 Å². The van der Waals surface area contributed by atoms with Crippen LogP contribution in [-0.4, -0.2) is 39.5 Å². The molecule has 3 saturated carbocycles. The van der Waals surface area contributed by atoms with Gasteiger partial charge in [0.25, 0.3) is 0 Å². The molecular weight excluding hydrogens is 226 g/mol. The molecule has 3 heteroatoms. The summed E-state index contributed by atoms with van der Waals surface area (Å²) in [6, 6.07) is 0.792. The Morgan fingerprint density at radius 3 is 2.78 bits per heavy atom. The van der Waals surface area contributed by atoms with Crippen molar-refractivity contribution in [2.45, 2.75) is 38.1 Å². The van der Waals surface area contributed by atoms with E-state index in [9.17, 15) is 0 Å². The highest BCUT2D eigenvalue weighted by molar-refractivity contribution is 5.05. The Bertz CT molecular complexity index is 271. The third kappa shape index (κ3) is 2.45. The maximum absolute atomic E-state index is 5.51. The van der Waals surface area contributed by atoms with Crippen LogP contribution in [0.4, 0.5) is 0 Å². The minimum atomic E-state index is 0.706. The first kappa shape index (κ1) is 12.9. The lowest BCUT2D eigenvalue weighted by atomic mass is 9.79. The Morgan fingerprint density at radius 1 is 1.00 bits per heavy atom. The summed E-state index contributed by atoms with van der Waals surface area (Å²) < 4.78 is 10.5. The summed E-state index contributed by atoms with van der Waals surface area (Å²) in [5.74, 6) is 4.21. The van der Waals surface area contributed by atoms with Crippen molar-refractivity contribution in [3.05, 3.63) is 0 Å². The molecule has 3 fully saturated rings. The third-order valence-corrected chi connectivity index (χ3v) is 5.51. The fourth-order valence-corrected chi connectivity index (χ4v) is 4.86. The highest BCUT2D eigenvalue weighted by atomic mass is 16.5. The molecule has 5 atom stereocenters. The highest BCUT2D eigenvalue weighted by Gasteiger charge is 2.53. The van der Waals surface area contributed by atoms with Gasteiger partial charge in [-0.2, -0.15) is 0 Å². The summed E-state index contributed by atoms with van der Waals surface area (Å²) in [6.07, 6.45) is 7.48. The number of nitrogens with one attached hydrogen (secondary N) is 1. The number of ether oxygens (including phenoxy) is 2. The van der Waals surface area contributed by atoms with Gasteiger partial charge in [-0.1, -0.05) is 6.42 Å². The quantitative estimate of drug-likeness (QED) is 0.705. The summed E-state index contributed by atoms with van der Waals surface area (Å²) in [5, 5.41) is 3.74. The molecule has 0 radical (unpaired) electrons. The molecule has 0 aromatic rings. The Kier molecular flexibility index (Phi) is 4.22. The van der Waals surface area contributed by atoms with Crippen molar-refractivity contribution in [2.24, 2.45) is 23.7 Å². The summed E-state index contributed by atoms with van der Waals surface area (Å²) in [5.41, 5.74) is 0. The third-order valence-electron chi connectivity index (χ3n) is 5.51. The van der Waals surface area contributed by atoms with Gasteiger partial charge in [0.05, 0.1) is 19.8 Å². The molecule has 3 rings (SSSR count).